The molecule has 0 spiro atoms. The van der Waals surface area contributed by atoms with Crippen molar-refractivity contribution >= 4 is 5.91 Å². The standard InChI is InChI=1S/C16H16N2O2/c1-2-10-17-12-15(19)18-16(14-9-6-11-20-14)13-7-4-3-5-8-13/h1,3-9,11,16-17H,10,12H2,(H,18,19). The summed E-state index contributed by atoms with van der Waals surface area (Å²) in [4.78, 5) is 11.9. The van der Waals surface area contributed by atoms with Gasteiger partial charge in [0.05, 0.1) is 19.4 Å². The molecule has 0 aliphatic rings. The third-order valence-corrected chi connectivity index (χ3v) is 2.78. The molecule has 102 valence electrons. The van der Waals surface area contributed by atoms with Crippen LogP contribution < -0.4 is 10.6 Å². The molecule has 4 heteroatoms. The van der Waals surface area contributed by atoms with E-state index in [1.807, 2.05) is 36.4 Å². The Balaban J connectivity index is 2.09. The molecule has 2 N–H and O–H groups in total. The quantitative estimate of drug-likeness (QED) is 0.619. The Labute approximate surface area is 118 Å². The summed E-state index contributed by atoms with van der Waals surface area (Å²) in [5.41, 5.74) is 0.966. The molecular weight excluding hydrogens is 252 g/mol. The van der Waals surface area contributed by atoms with E-state index in [4.69, 9.17) is 10.8 Å². The van der Waals surface area contributed by atoms with Crippen LogP contribution in [0.3, 0.4) is 0 Å². The van der Waals surface area contributed by atoms with Crippen LogP contribution in [-0.4, -0.2) is 19.0 Å². The summed E-state index contributed by atoms with van der Waals surface area (Å²) in [5.74, 6) is 2.99. The summed E-state index contributed by atoms with van der Waals surface area (Å²) < 4.78 is 5.41. The van der Waals surface area contributed by atoms with Gasteiger partial charge in [-0.15, -0.1) is 6.42 Å². The Kier molecular flexibility index (Phi) is 4.99. The van der Waals surface area contributed by atoms with E-state index in [2.05, 4.69) is 16.6 Å². The fourth-order valence-electron chi connectivity index (χ4n) is 1.88. The largest absolute Gasteiger partial charge is 0.467 e. The third-order valence-electron chi connectivity index (χ3n) is 2.78. The van der Waals surface area contributed by atoms with Crippen LogP contribution in [0.2, 0.25) is 0 Å². The van der Waals surface area contributed by atoms with Crippen LogP contribution in [-0.2, 0) is 4.79 Å². The first kappa shape index (κ1) is 13.9. The van der Waals surface area contributed by atoms with Crippen molar-refractivity contribution in [2.45, 2.75) is 6.04 Å². The maximum atomic E-state index is 11.9. The molecule has 1 aromatic heterocycles. The van der Waals surface area contributed by atoms with Gasteiger partial charge in [0.1, 0.15) is 11.8 Å². The lowest BCUT2D eigenvalue weighted by atomic mass is 10.0. The molecule has 1 amide bonds. The van der Waals surface area contributed by atoms with E-state index >= 15 is 0 Å². The molecule has 4 nitrogen and oxygen atoms in total. The molecule has 20 heavy (non-hydrogen) atoms. The van der Waals surface area contributed by atoms with Gasteiger partial charge in [-0.05, 0) is 17.7 Å². The van der Waals surface area contributed by atoms with Crippen molar-refractivity contribution in [1.29, 1.82) is 0 Å². The van der Waals surface area contributed by atoms with Gasteiger partial charge in [0.25, 0.3) is 0 Å². The normalized spacial score (nSPS) is 11.6. The van der Waals surface area contributed by atoms with Crippen molar-refractivity contribution in [2.75, 3.05) is 13.1 Å². The average molecular weight is 268 g/mol. The Morgan fingerprint density at radius 1 is 1.25 bits per heavy atom. The molecule has 0 aliphatic carbocycles. The Bertz CT molecular complexity index is 570. The van der Waals surface area contributed by atoms with Crippen LogP contribution in [0.15, 0.2) is 53.1 Å². The molecule has 0 radical (unpaired) electrons. The number of furan rings is 1. The first-order chi connectivity index (χ1) is 9.81. The summed E-state index contributed by atoms with van der Waals surface area (Å²) in [7, 11) is 0. The van der Waals surface area contributed by atoms with Crippen LogP contribution >= 0.6 is 0 Å². The molecule has 0 saturated heterocycles. The molecule has 1 unspecified atom stereocenters. The molecule has 0 fully saturated rings. The SMILES string of the molecule is C#CCNCC(=O)NC(c1ccccc1)c1ccco1. The highest BCUT2D eigenvalue weighted by Gasteiger charge is 2.18. The van der Waals surface area contributed by atoms with E-state index in [0.29, 0.717) is 12.3 Å². The van der Waals surface area contributed by atoms with Gasteiger partial charge >= 0.3 is 0 Å². The minimum Gasteiger partial charge on any atom is -0.467 e. The van der Waals surface area contributed by atoms with E-state index in [1.54, 1.807) is 12.3 Å². The summed E-state index contributed by atoms with van der Waals surface area (Å²) >= 11 is 0. The Hall–Kier alpha value is -2.51. The van der Waals surface area contributed by atoms with Gasteiger partial charge in [-0.3, -0.25) is 10.1 Å². The maximum absolute atomic E-state index is 11.9. The molecular formula is C16H16N2O2. The number of amides is 1. The molecule has 2 aromatic rings. The van der Waals surface area contributed by atoms with Crippen LogP contribution in [0.25, 0.3) is 0 Å². The lowest BCUT2D eigenvalue weighted by Gasteiger charge is -2.17. The van der Waals surface area contributed by atoms with E-state index in [-0.39, 0.29) is 18.5 Å². The minimum absolute atomic E-state index is 0.134. The lowest BCUT2D eigenvalue weighted by molar-refractivity contribution is -0.120. The summed E-state index contributed by atoms with van der Waals surface area (Å²) in [5, 5.41) is 5.79. The van der Waals surface area contributed by atoms with Crippen LogP contribution in [0.5, 0.6) is 0 Å². The molecule has 0 saturated carbocycles. The number of terminal acetylenes is 1. The minimum atomic E-state index is -0.300. The van der Waals surface area contributed by atoms with Crippen molar-refractivity contribution in [2.24, 2.45) is 0 Å². The second-order valence-electron chi connectivity index (χ2n) is 4.23. The number of carbonyl (C=O) groups excluding carboxylic acids is 1. The van der Waals surface area contributed by atoms with Crippen molar-refractivity contribution in [3.8, 4) is 12.3 Å². The summed E-state index contributed by atoms with van der Waals surface area (Å²) in [6.45, 7) is 0.540. The molecule has 1 atom stereocenters. The molecule has 0 aliphatic heterocycles. The second-order valence-corrected chi connectivity index (χ2v) is 4.23. The molecule has 0 bridgehead atoms. The van der Waals surface area contributed by atoms with E-state index in [1.165, 1.54) is 0 Å². The van der Waals surface area contributed by atoms with Gasteiger partial charge in [0, 0.05) is 0 Å². The van der Waals surface area contributed by atoms with Gasteiger partial charge in [0.2, 0.25) is 5.91 Å². The fourth-order valence-corrected chi connectivity index (χ4v) is 1.88. The predicted molar refractivity (Wildman–Crippen MR) is 76.8 cm³/mol. The van der Waals surface area contributed by atoms with Crippen molar-refractivity contribution in [3.05, 3.63) is 60.1 Å². The first-order valence-corrected chi connectivity index (χ1v) is 6.33. The van der Waals surface area contributed by atoms with Gasteiger partial charge in [-0.25, -0.2) is 0 Å². The topological polar surface area (TPSA) is 54.3 Å². The molecule has 1 aromatic carbocycles. The lowest BCUT2D eigenvalue weighted by Crippen LogP contribution is -2.36. The second kappa shape index (κ2) is 7.17. The van der Waals surface area contributed by atoms with E-state index in [9.17, 15) is 4.79 Å². The highest BCUT2D eigenvalue weighted by Crippen LogP contribution is 2.21. The monoisotopic (exact) mass is 268 g/mol. The number of hydrogen-bond acceptors (Lipinski definition) is 3. The fraction of sp³-hybridized carbons (Fsp3) is 0.188. The van der Waals surface area contributed by atoms with Gasteiger partial charge in [0.15, 0.2) is 0 Å². The van der Waals surface area contributed by atoms with Crippen molar-refractivity contribution < 1.29 is 9.21 Å². The highest BCUT2D eigenvalue weighted by molar-refractivity contribution is 5.78. The van der Waals surface area contributed by atoms with Crippen molar-refractivity contribution in [1.82, 2.24) is 10.6 Å². The number of nitrogens with one attached hydrogen (secondary N) is 2. The zero-order chi connectivity index (χ0) is 14.2. The van der Waals surface area contributed by atoms with Gasteiger partial charge in [-0.2, -0.15) is 0 Å². The number of carbonyl (C=O) groups is 1. The highest BCUT2D eigenvalue weighted by atomic mass is 16.3. The van der Waals surface area contributed by atoms with Gasteiger partial charge < -0.3 is 9.73 Å². The predicted octanol–water partition coefficient (Wildman–Crippen LogP) is 1.71. The zero-order valence-electron chi connectivity index (χ0n) is 11.0. The zero-order valence-corrected chi connectivity index (χ0v) is 11.0. The third kappa shape index (κ3) is 3.74. The van der Waals surface area contributed by atoms with E-state index in [0.717, 1.165) is 5.56 Å². The maximum Gasteiger partial charge on any atom is 0.234 e. The van der Waals surface area contributed by atoms with Gasteiger partial charge in [-0.1, -0.05) is 36.3 Å². The molecule has 2 rings (SSSR count). The Morgan fingerprint density at radius 3 is 2.70 bits per heavy atom. The van der Waals surface area contributed by atoms with Crippen LogP contribution in [0.1, 0.15) is 17.4 Å². The van der Waals surface area contributed by atoms with Crippen LogP contribution in [0, 0.1) is 12.3 Å². The smallest absolute Gasteiger partial charge is 0.234 e. The average Bonchev–Trinajstić information content (AvgIpc) is 3.00. The summed E-state index contributed by atoms with van der Waals surface area (Å²) in [6, 6.07) is 13.0. The Morgan fingerprint density at radius 2 is 2.05 bits per heavy atom. The van der Waals surface area contributed by atoms with Crippen molar-refractivity contribution in [3.63, 3.8) is 0 Å². The number of benzene rings is 1. The van der Waals surface area contributed by atoms with Crippen LogP contribution in [0.4, 0.5) is 0 Å². The number of hydrogen-bond donors (Lipinski definition) is 2. The van der Waals surface area contributed by atoms with E-state index < -0.39 is 0 Å². The summed E-state index contributed by atoms with van der Waals surface area (Å²) in [6.07, 6.45) is 6.72. The number of rotatable bonds is 6. The molecule has 1 heterocycles. The first-order valence-electron chi connectivity index (χ1n) is 6.33.